The van der Waals surface area contributed by atoms with Crippen LogP contribution >= 0.6 is 15.9 Å². The van der Waals surface area contributed by atoms with E-state index >= 15 is 0 Å². The Hall–Kier alpha value is -1.23. The molecule has 1 amide bonds. The van der Waals surface area contributed by atoms with Crippen LogP contribution in [0.5, 0.6) is 5.75 Å². The van der Waals surface area contributed by atoms with E-state index in [1.165, 1.54) is 0 Å². The lowest BCUT2D eigenvalue weighted by Gasteiger charge is -2.12. The highest BCUT2D eigenvalue weighted by atomic mass is 79.9. The molecular weight excluding hydrogens is 262 g/mol. The zero-order valence-electron chi connectivity index (χ0n) is 8.27. The Morgan fingerprint density at radius 3 is 2.93 bits per heavy atom. The van der Waals surface area contributed by atoms with E-state index in [0.717, 1.165) is 4.47 Å². The van der Waals surface area contributed by atoms with E-state index < -0.39 is 6.09 Å². The van der Waals surface area contributed by atoms with E-state index in [1.54, 1.807) is 6.92 Å². The average Bonchev–Trinajstić information content (AvgIpc) is 2.14. The van der Waals surface area contributed by atoms with Gasteiger partial charge in [-0.3, -0.25) is 0 Å². The van der Waals surface area contributed by atoms with E-state index in [1.807, 2.05) is 24.3 Å². The molecule has 4 nitrogen and oxygen atoms in total. The summed E-state index contributed by atoms with van der Waals surface area (Å²) in [4.78, 5) is 10.4. The zero-order valence-corrected chi connectivity index (χ0v) is 9.86. The number of carbonyl (C=O) groups excluding carboxylic acids is 1. The molecule has 2 N–H and O–H groups in total. The van der Waals surface area contributed by atoms with Gasteiger partial charge in [0.2, 0.25) is 0 Å². The standard InChI is InChI=1S/C10H12BrNO3/c1-7(15-10(12)13)6-14-9-4-2-3-8(11)5-9/h2-5,7H,6H2,1H3,(H2,12,13). The van der Waals surface area contributed by atoms with Crippen molar-refractivity contribution in [3.63, 3.8) is 0 Å². The van der Waals surface area contributed by atoms with Gasteiger partial charge in [-0.1, -0.05) is 22.0 Å². The summed E-state index contributed by atoms with van der Waals surface area (Å²) < 4.78 is 11.0. The van der Waals surface area contributed by atoms with Crippen molar-refractivity contribution in [1.82, 2.24) is 0 Å². The van der Waals surface area contributed by atoms with Gasteiger partial charge in [0.1, 0.15) is 18.5 Å². The molecule has 0 fully saturated rings. The number of primary amides is 1. The van der Waals surface area contributed by atoms with Gasteiger partial charge in [0, 0.05) is 4.47 Å². The predicted molar refractivity (Wildman–Crippen MR) is 59.8 cm³/mol. The van der Waals surface area contributed by atoms with Gasteiger partial charge in [0.15, 0.2) is 0 Å². The minimum atomic E-state index is -0.791. The van der Waals surface area contributed by atoms with Gasteiger partial charge in [0.25, 0.3) is 0 Å². The summed E-state index contributed by atoms with van der Waals surface area (Å²) in [6.07, 6.45) is -1.15. The van der Waals surface area contributed by atoms with Gasteiger partial charge in [-0.25, -0.2) is 4.79 Å². The van der Waals surface area contributed by atoms with Crippen molar-refractivity contribution in [2.24, 2.45) is 5.73 Å². The normalized spacial score (nSPS) is 11.9. The van der Waals surface area contributed by atoms with Crippen molar-refractivity contribution in [3.8, 4) is 5.75 Å². The van der Waals surface area contributed by atoms with Gasteiger partial charge in [-0.2, -0.15) is 0 Å². The molecule has 1 atom stereocenters. The summed E-state index contributed by atoms with van der Waals surface area (Å²) in [7, 11) is 0. The van der Waals surface area contributed by atoms with Crippen molar-refractivity contribution in [2.45, 2.75) is 13.0 Å². The van der Waals surface area contributed by atoms with Crippen LogP contribution in [0.25, 0.3) is 0 Å². The molecule has 0 heterocycles. The molecule has 0 aromatic heterocycles. The first-order valence-electron chi connectivity index (χ1n) is 4.42. The number of benzene rings is 1. The van der Waals surface area contributed by atoms with E-state index in [-0.39, 0.29) is 12.7 Å². The number of halogens is 1. The van der Waals surface area contributed by atoms with Crippen molar-refractivity contribution >= 4 is 22.0 Å². The summed E-state index contributed by atoms with van der Waals surface area (Å²) >= 11 is 3.32. The van der Waals surface area contributed by atoms with Crippen molar-refractivity contribution in [2.75, 3.05) is 6.61 Å². The molecule has 0 radical (unpaired) electrons. The minimum absolute atomic E-state index is 0.277. The van der Waals surface area contributed by atoms with Gasteiger partial charge < -0.3 is 15.2 Å². The molecule has 0 aliphatic heterocycles. The third-order valence-electron chi connectivity index (χ3n) is 1.60. The first kappa shape index (κ1) is 11.8. The van der Waals surface area contributed by atoms with Crippen LogP contribution < -0.4 is 10.5 Å². The predicted octanol–water partition coefficient (Wildman–Crippen LogP) is 2.31. The summed E-state index contributed by atoms with van der Waals surface area (Å²) in [6, 6.07) is 7.41. The minimum Gasteiger partial charge on any atom is -0.490 e. The molecule has 1 aromatic carbocycles. The molecule has 0 saturated heterocycles. The average molecular weight is 274 g/mol. The Balaban J connectivity index is 2.40. The molecule has 1 aromatic rings. The number of hydrogen-bond acceptors (Lipinski definition) is 3. The summed E-state index contributed by atoms with van der Waals surface area (Å²) in [6.45, 7) is 1.99. The molecule has 82 valence electrons. The maximum atomic E-state index is 10.4. The van der Waals surface area contributed by atoms with Gasteiger partial charge in [-0.05, 0) is 25.1 Å². The molecule has 0 aliphatic carbocycles. The number of ether oxygens (including phenoxy) is 2. The number of rotatable bonds is 4. The van der Waals surface area contributed by atoms with Crippen LogP contribution in [-0.4, -0.2) is 18.8 Å². The number of hydrogen-bond donors (Lipinski definition) is 1. The SMILES string of the molecule is CC(COc1cccc(Br)c1)OC(N)=O. The van der Waals surface area contributed by atoms with Crippen LogP contribution in [0, 0.1) is 0 Å². The van der Waals surface area contributed by atoms with Crippen LogP contribution in [0.3, 0.4) is 0 Å². The molecule has 0 bridgehead atoms. The third kappa shape index (κ3) is 4.69. The maximum Gasteiger partial charge on any atom is 0.404 e. The lowest BCUT2D eigenvalue weighted by molar-refractivity contribution is 0.0823. The van der Waals surface area contributed by atoms with Crippen LogP contribution in [0.15, 0.2) is 28.7 Å². The van der Waals surface area contributed by atoms with Gasteiger partial charge in [-0.15, -0.1) is 0 Å². The van der Waals surface area contributed by atoms with Crippen LogP contribution in [0.1, 0.15) is 6.92 Å². The highest BCUT2D eigenvalue weighted by Crippen LogP contribution is 2.17. The summed E-state index contributed by atoms with van der Waals surface area (Å²) in [5, 5.41) is 0. The van der Waals surface area contributed by atoms with E-state index in [0.29, 0.717) is 5.75 Å². The lowest BCUT2D eigenvalue weighted by Crippen LogP contribution is -2.25. The molecule has 1 unspecified atom stereocenters. The fourth-order valence-corrected chi connectivity index (χ4v) is 1.38. The Morgan fingerprint density at radius 1 is 1.60 bits per heavy atom. The van der Waals surface area contributed by atoms with Gasteiger partial charge in [0.05, 0.1) is 0 Å². The van der Waals surface area contributed by atoms with E-state index in [2.05, 4.69) is 15.9 Å². The Labute approximate surface area is 96.5 Å². The summed E-state index contributed by atoms with van der Waals surface area (Å²) in [5.74, 6) is 0.712. The smallest absolute Gasteiger partial charge is 0.404 e. The highest BCUT2D eigenvalue weighted by Gasteiger charge is 2.06. The van der Waals surface area contributed by atoms with Crippen LogP contribution in [0.2, 0.25) is 0 Å². The van der Waals surface area contributed by atoms with Crippen LogP contribution in [-0.2, 0) is 4.74 Å². The summed E-state index contributed by atoms with van der Waals surface area (Å²) in [5.41, 5.74) is 4.86. The molecule has 0 saturated carbocycles. The second-order valence-electron chi connectivity index (χ2n) is 3.02. The first-order chi connectivity index (χ1) is 7.08. The number of nitrogens with two attached hydrogens (primary N) is 1. The Morgan fingerprint density at radius 2 is 2.33 bits per heavy atom. The quantitative estimate of drug-likeness (QED) is 0.916. The van der Waals surface area contributed by atoms with Crippen molar-refractivity contribution in [3.05, 3.63) is 28.7 Å². The molecule has 15 heavy (non-hydrogen) atoms. The fraction of sp³-hybridized carbons (Fsp3) is 0.300. The second-order valence-corrected chi connectivity index (χ2v) is 3.93. The Bertz CT molecular complexity index is 343. The molecule has 1 rings (SSSR count). The maximum absolute atomic E-state index is 10.4. The Kier molecular flexibility index (Phi) is 4.42. The van der Waals surface area contributed by atoms with Crippen molar-refractivity contribution in [1.29, 1.82) is 0 Å². The van der Waals surface area contributed by atoms with E-state index in [9.17, 15) is 4.79 Å². The number of carbonyl (C=O) groups is 1. The zero-order chi connectivity index (χ0) is 11.3. The molecule has 0 aliphatic rings. The monoisotopic (exact) mass is 273 g/mol. The highest BCUT2D eigenvalue weighted by molar-refractivity contribution is 9.10. The van der Waals surface area contributed by atoms with E-state index in [4.69, 9.17) is 15.2 Å². The molecule has 5 heteroatoms. The largest absolute Gasteiger partial charge is 0.490 e. The topological polar surface area (TPSA) is 61.6 Å². The third-order valence-corrected chi connectivity index (χ3v) is 2.09. The van der Waals surface area contributed by atoms with Crippen LogP contribution in [0.4, 0.5) is 4.79 Å². The first-order valence-corrected chi connectivity index (χ1v) is 5.21. The fourth-order valence-electron chi connectivity index (χ4n) is 1.00. The number of amides is 1. The second kappa shape index (κ2) is 5.60. The van der Waals surface area contributed by atoms with Gasteiger partial charge >= 0.3 is 6.09 Å². The van der Waals surface area contributed by atoms with Crippen molar-refractivity contribution < 1.29 is 14.3 Å². The molecule has 0 spiro atoms. The lowest BCUT2D eigenvalue weighted by atomic mass is 10.3. The molecular formula is C10H12BrNO3.